The van der Waals surface area contributed by atoms with Crippen LogP contribution in [0, 0.1) is 6.92 Å². The Hall–Kier alpha value is -2.24. The van der Waals surface area contributed by atoms with Crippen LogP contribution in [-0.2, 0) is 14.6 Å². The molecule has 0 saturated carbocycles. The molecule has 2 aliphatic heterocycles. The summed E-state index contributed by atoms with van der Waals surface area (Å²) in [5.74, 6) is 0.0376. The second kappa shape index (κ2) is 10.2. The first-order valence-corrected chi connectivity index (χ1v) is 14.5. The molecule has 0 aromatic carbocycles. The zero-order chi connectivity index (χ0) is 24.5. The molecule has 1 N–H and O–H groups in total. The molecular weight excluding hydrogens is 492 g/mol. The molecule has 4 heterocycles. The maximum Gasteiger partial charge on any atom is 0.267 e. The molecule has 0 radical (unpaired) electrons. The third kappa shape index (κ3) is 5.06. The molecule has 2 aromatic heterocycles. The van der Waals surface area contributed by atoms with Gasteiger partial charge in [0.2, 0.25) is 0 Å². The average Bonchev–Trinajstić information content (AvgIpc) is 3.28. The molecule has 1 atom stereocenters. The number of carbonyl (C=O) groups excluding carboxylic acids is 1. The van der Waals surface area contributed by atoms with Gasteiger partial charge in [-0.3, -0.25) is 18.9 Å². The molecule has 182 valence electrons. The highest BCUT2D eigenvalue weighted by molar-refractivity contribution is 8.26. The van der Waals surface area contributed by atoms with Crippen molar-refractivity contribution in [1.29, 1.82) is 0 Å². The number of nitrogens with one attached hydrogen (secondary N) is 1. The summed E-state index contributed by atoms with van der Waals surface area (Å²) in [6.45, 7) is 4.71. The van der Waals surface area contributed by atoms with Gasteiger partial charge in [-0.1, -0.05) is 56.2 Å². The molecule has 11 heteroatoms. The van der Waals surface area contributed by atoms with Crippen LogP contribution in [0.2, 0.25) is 0 Å². The maximum atomic E-state index is 13.4. The molecule has 1 unspecified atom stereocenters. The van der Waals surface area contributed by atoms with Gasteiger partial charge in [0.05, 0.1) is 28.0 Å². The smallest absolute Gasteiger partial charge is 0.267 e. The minimum absolute atomic E-state index is 0.0508. The number of anilines is 1. The quantitative estimate of drug-likeness (QED) is 0.321. The lowest BCUT2D eigenvalue weighted by molar-refractivity contribution is -0.123. The number of aromatic nitrogens is 2. The third-order valence-corrected chi connectivity index (χ3v) is 9.16. The van der Waals surface area contributed by atoms with Gasteiger partial charge in [-0.15, -0.1) is 0 Å². The van der Waals surface area contributed by atoms with E-state index in [1.807, 2.05) is 13.0 Å². The Bertz CT molecular complexity index is 1330. The number of sulfone groups is 1. The lowest BCUT2D eigenvalue weighted by atomic mass is 10.2. The summed E-state index contributed by atoms with van der Waals surface area (Å²) in [6.07, 6.45) is 7.86. The fourth-order valence-electron chi connectivity index (χ4n) is 4.24. The lowest BCUT2D eigenvalue weighted by Crippen LogP contribution is -2.39. The predicted molar refractivity (Wildman–Crippen MR) is 141 cm³/mol. The number of hydrogen-bond acceptors (Lipinski definition) is 8. The molecule has 34 heavy (non-hydrogen) atoms. The molecule has 0 spiro atoms. The molecular formula is C23H28N4O4S3. The first-order chi connectivity index (χ1) is 16.2. The van der Waals surface area contributed by atoms with Crippen molar-refractivity contribution in [2.45, 2.75) is 52.0 Å². The van der Waals surface area contributed by atoms with E-state index in [1.54, 1.807) is 18.3 Å². The van der Waals surface area contributed by atoms with Crippen LogP contribution in [0.4, 0.5) is 5.82 Å². The molecule has 0 aliphatic carbocycles. The number of carbonyl (C=O) groups is 1. The summed E-state index contributed by atoms with van der Waals surface area (Å²) < 4.78 is 25.7. The van der Waals surface area contributed by atoms with Crippen molar-refractivity contribution in [3.8, 4) is 0 Å². The molecule has 8 nitrogen and oxygen atoms in total. The number of pyridine rings is 1. The second-order valence-electron chi connectivity index (χ2n) is 8.66. The molecule has 2 saturated heterocycles. The van der Waals surface area contributed by atoms with Gasteiger partial charge >= 0.3 is 0 Å². The van der Waals surface area contributed by atoms with Crippen LogP contribution in [0.15, 0.2) is 28.0 Å². The van der Waals surface area contributed by atoms with Crippen LogP contribution in [0.25, 0.3) is 11.7 Å². The van der Waals surface area contributed by atoms with Crippen LogP contribution >= 0.6 is 24.0 Å². The highest BCUT2D eigenvalue weighted by Gasteiger charge is 2.42. The number of rotatable bonds is 8. The number of amides is 1. The predicted octanol–water partition coefficient (Wildman–Crippen LogP) is 3.38. The van der Waals surface area contributed by atoms with E-state index in [1.165, 1.54) is 9.30 Å². The zero-order valence-corrected chi connectivity index (χ0v) is 21.7. The Balaban J connectivity index is 1.70. The Morgan fingerprint density at radius 2 is 2.09 bits per heavy atom. The zero-order valence-electron chi connectivity index (χ0n) is 19.2. The van der Waals surface area contributed by atoms with Crippen molar-refractivity contribution in [3.63, 3.8) is 0 Å². The summed E-state index contributed by atoms with van der Waals surface area (Å²) >= 11 is 6.51. The fourth-order valence-corrected chi connectivity index (χ4v) is 7.32. The Labute approximate surface area is 208 Å². The highest BCUT2D eigenvalue weighted by atomic mass is 32.2. The van der Waals surface area contributed by atoms with Crippen molar-refractivity contribution in [2.24, 2.45) is 0 Å². The van der Waals surface area contributed by atoms with Crippen LogP contribution in [-0.4, -0.2) is 57.0 Å². The molecule has 2 aromatic rings. The van der Waals surface area contributed by atoms with Crippen molar-refractivity contribution in [3.05, 3.63) is 44.7 Å². The van der Waals surface area contributed by atoms with E-state index in [0.29, 0.717) is 33.7 Å². The van der Waals surface area contributed by atoms with Gasteiger partial charge in [-0.25, -0.2) is 13.4 Å². The Morgan fingerprint density at radius 1 is 1.29 bits per heavy atom. The van der Waals surface area contributed by atoms with Crippen LogP contribution in [0.5, 0.6) is 0 Å². The second-order valence-corrected chi connectivity index (χ2v) is 12.6. The van der Waals surface area contributed by atoms with Crippen LogP contribution in [0.3, 0.4) is 0 Å². The van der Waals surface area contributed by atoms with E-state index in [-0.39, 0.29) is 28.5 Å². The van der Waals surface area contributed by atoms with Crippen molar-refractivity contribution in [2.75, 3.05) is 23.4 Å². The van der Waals surface area contributed by atoms with Crippen molar-refractivity contribution >= 4 is 61.6 Å². The van der Waals surface area contributed by atoms with Gasteiger partial charge in [0.15, 0.2) is 9.84 Å². The van der Waals surface area contributed by atoms with Gasteiger partial charge in [-0.05, 0) is 37.5 Å². The number of hydrogen-bond donors (Lipinski definition) is 1. The SMILES string of the molecule is CCCCCCNc1nc2c(C)cccn2c(=O)c1/C=C1/SC(=S)N(C2CCS(=O)(=O)C2)C1=O. The van der Waals surface area contributed by atoms with Gasteiger partial charge in [0.25, 0.3) is 11.5 Å². The first-order valence-electron chi connectivity index (χ1n) is 11.4. The Morgan fingerprint density at radius 3 is 2.79 bits per heavy atom. The fraction of sp³-hybridized carbons (Fsp3) is 0.478. The van der Waals surface area contributed by atoms with Gasteiger partial charge in [0.1, 0.15) is 15.8 Å². The maximum absolute atomic E-state index is 13.4. The van der Waals surface area contributed by atoms with E-state index in [9.17, 15) is 18.0 Å². The minimum atomic E-state index is -3.17. The molecule has 2 fully saturated rings. The summed E-state index contributed by atoms with van der Waals surface area (Å²) in [5.41, 5.74) is 1.44. The molecule has 1 amide bonds. The van der Waals surface area contributed by atoms with E-state index in [0.717, 1.165) is 43.0 Å². The van der Waals surface area contributed by atoms with E-state index >= 15 is 0 Å². The Kier molecular flexibility index (Phi) is 7.44. The van der Waals surface area contributed by atoms with Gasteiger partial charge in [-0.2, -0.15) is 0 Å². The molecule has 4 rings (SSSR count). The normalized spacial score (nSPS) is 21.2. The topological polar surface area (TPSA) is 101 Å². The monoisotopic (exact) mass is 520 g/mol. The van der Waals surface area contributed by atoms with E-state index < -0.39 is 15.9 Å². The van der Waals surface area contributed by atoms with Crippen molar-refractivity contribution < 1.29 is 13.2 Å². The van der Waals surface area contributed by atoms with Crippen LogP contribution < -0.4 is 10.9 Å². The van der Waals surface area contributed by atoms with Crippen LogP contribution in [0.1, 0.15) is 50.2 Å². The van der Waals surface area contributed by atoms with Gasteiger partial charge < -0.3 is 5.32 Å². The molecule has 0 bridgehead atoms. The number of thioether (sulfide) groups is 1. The molecule has 2 aliphatic rings. The number of unbranched alkanes of at least 4 members (excludes halogenated alkanes) is 3. The minimum Gasteiger partial charge on any atom is -0.369 e. The number of thiocarbonyl (C=S) groups is 1. The largest absolute Gasteiger partial charge is 0.369 e. The lowest BCUT2D eigenvalue weighted by Gasteiger charge is -2.20. The third-order valence-electron chi connectivity index (χ3n) is 6.08. The average molecular weight is 521 g/mol. The summed E-state index contributed by atoms with van der Waals surface area (Å²) in [6, 6.07) is 3.22. The highest BCUT2D eigenvalue weighted by Crippen LogP contribution is 2.36. The number of aryl methyl sites for hydroxylation is 1. The van der Waals surface area contributed by atoms with E-state index in [2.05, 4.69) is 12.2 Å². The number of fused-ring (bicyclic) bond motifs is 1. The van der Waals surface area contributed by atoms with Crippen molar-refractivity contribution in [1.82, 2.24) is 14.3 Å². The summed E-state index contributed by atoms with van der Waals surface area (Å²) in [4.78, 5) is 33.0. The van der Waals surface area contributed by atoms with E-state index in [4.69, 9.17) is 17.2 Å². The summed E-state index contributed by atoms with van der Waals surface area (Å²) in [7, 11) is -3.17. The summed E-state index contributed by atoms with van der Waals surface area (Å²) in [5, 5.41) is 3.29. The standard InChI is InChI=1S/C23H28N4O4S3/c1-3-4-5-6-10-24-19-17(21(28)26-11-7-8-15(2)20(26)25-19)13-18-22(29)27(23(32)33-18)16-9-12-34(30,31)14-16/h7-8,11,13,16,24H,3-6,9-10,12,14H2,1-2H3/b18-13+. The number of nitrogens with zero attached hydrogens (tertiary/aromatic N) is 3. The first kappa shape index (κ1) is 24.9. The van der Waals surface area contributed by atoms with Gasteiger partial charge in [0, 0.05) is 12.7 Å².